The van der Waals surface area contributed by atoms with Gasteiger partial charge < -0.3 is 53.3 Å². The summed E-state index contributed by atoms with van der Waals surface area (Å²) in [6, 6.07) is 0. The predicted octanol–water partition coefficient (Wildman–Crippen LogP) is 6.68. The van der Waals surface area contributed by atoms with Crippen LogP contribution in [0.15, 0.2) is 113 Å². The molecule has 0 spiro atoms. The van der Waals surface area contributed by atoms with E-state index in [1.807, 2.05) is 88.5 Å². The lowest BCUT2D eigenvalue weighted by molar-refractivity contribution is -0.219. The van der Waals surface area contributed by atoms with Gasteiger partial charge in [-0.1, -0.05) is 117 Å². The molecule has 0 saturated carbocycles. The SMILES string of the molecule is COC(CC(O)/C=C/C=C/C=C[C@@H]1O[C@H](C)[C@@H](O)[C@H](OC)[C@H]1OC)C(C)c1nc(/C=C/C=C\C2OC(C(C)C(O)CC(C)O)C(C)OC(=O)\C=C/C=C/C=C\C(C)=C\C2C)co1. The van der Waals surface area contributed by atoms with E-state index in [2.05, 4.69) is 11.1 Å². The first kappa shape index (κ1) is 52.3. The molecule has 4 N–H and O–H groups in total. The number of hydrogen-bond acceptors (Lipinski definition) is 13. The number of ether oxygens (including phenoxy) is 6. The summed E-state index contributed by atoms with van der Waals surface area (Å²) in [4.78, 5) is 17.3. The second-order valence-corrected chi connectivity index (χ2v) is 16.2. The highest BCUT2D eigenvalue weighted by Gasteiger charge is 2.43. The Kier molecular flexibility index (Phi) is 23.0. The molecule has 1 fully saturated rings. The average molecular weight is 866 g/mol. The molecule has 13 nitrogen and oxygen atoms in total. The molecule has 2 aliphatic rings. The van der Waals surface area contributed by atoms with E-state index in [4.69, 9.17) is 32.8 Å². The number of carbonyl (C=O) groups excluding carboxylic acids is 1. The van der Waals surface area contributed by atoms with Gasteiger partial charge in [-0.15, -0.1) is 0 Å². The maximum atomic E-state index is 12.7. The molecule has 0 aromatic carbocycles. The Labute approximate surface area is 368 Å². The zero-order valence-corrected chi connectivity index (χ0v) is 38.0. The molecule has 1 saturated heterocycles. The van der Waals surface area contributed by atoms with Gasteiger partial charge in [-0.25, -0.2) is 9.78 Å². The molecule has 13 heteroatoms. The Bertz CT molecular complexity index is 1750. The van der Waals surface area contributed by atoms with Crippen LogP contribution < -0.4 is 0 Å². The van der Waals surface area contributed by atoms with Crippen molar-refractivity contribution in [1.29, 1.82) is 0 Å². The van der Waals surface area contributed by atoms with Crippen molar-refractivity contribution >= 4 is 12.0 Å². The molecule has 344 valence electrons. The predicted molar refractivity (Wildman–Crippen MR) is 240 cm³/mol. The van der Waals surface area contributed by atoms with Crippen LogP contribution >= 0.6 is 0 Å². The first-order valence-corrected chi connectivity index (χ1v) is 21.4. The molecule has 15 atom stereocenters. The molecular formula is C49H71NO12. The number of esters is 1. The fourth-order valence-corrected chi connectivity index (χ4v) is 7.44. The third-order valence-corrected chi connectivity index (χ3v) is 11.0. The van der Waals surface area contributed by atoms with Crippen LogP contribution in [0.1, 0.15) is 78.8 Å². The Hall–Kier alpha value is -4.02. The number of rotatable bonds is 18. The number of cyclic esters (lactones) is 1. The first-order chi connectivity index (χ1) is 29.6. The molecule has 1 aromatic heterocycles. The Morgan fingerprint density at radius 3 is 2.15 bits per heavy atom. The van der Waals surface area contributed by atoms with E-state index in [1.54, 1.807) is 71.6 Å². The maximum absolute atomic E-state index is 12.7. The van der Waals surface area contributed by atoms with Crippen molar-refractivity contribution in [1.82, 2.24) is 4.98 Å². The van der Waals surface area contributed by atoms with Gasteiger partial charge in [0.2, 0.25) is 0 Å². The number of oxazole rings is 1. The van der Waals surface area contributed by atoms with E-state index in [0.29, 0.717) is 18.0 Å². The number of hydrogen-bond donors (Lipinski definition) is 4. The summed E-state index contributed by atoms with van der Waals surface area (Å²) in [5.74, 6) is -0.940. The van der Waals surface area contributed by atoms with Gasteiger partial charge >= 0.3 is 5.97 Å². The van der Waals surface area contributed by atoms with E-state index < -0.39 is 79.0 Å². The van der Waals surface area contributed by atoms with Crippen LogP contribution in [0.25, 0.3) is 6.08 Å². The molecule has 1 aromatic rings. The molecule has 10 unspecified atom stereocenters. The summed E-state index contributed by atoms with van der Waals surface area (Å²) in [6.07, 6.45) is 25.3. The number of carbonyl (C=O) groups is 1. The lowest BCUT2D eigenvalue weighted by Crippen LogP contribution is -2.57. The highest BCUT2D eigenvalue weighted by atomic mass is 16.6. The van der Waals surface area contributed by atoms with Crippen LogP contribution in [-0.4, -0.2) is 126 Å². The summed E-state index contributed by atoms with van der Waals surface area (Å²) in [7, 11) is 4.69. The molecule has 0 radical (unpaired) electrons. The first-order valence-electron chi connectivity index (χ1n) is 21.4. The fraction of sp³-hybridized carbons (Fsp3) is 0.551. The molecule has 0 amide bonds. The van der Waals surface area contributed by atoms with Gasteiger partial charge in [-0.05, 0) is 40.2 Å². The summed E-state index contributed by atoms with van der Waals surface area (Å²) in [5.41, 5.74) is 1.61. The number of nitrogens with zero attached hydrogens (tertiary/aromatic N) is 1. The van der Waals surface area contributed by atoms with Crippen LogP contribution in [0.2, 0.25) is 0 Å². The summed E-state index contributed by atoms with van der Waals surface area (Å²) >= 11 is 0. The molecule has 2 aliphatic heterocycles. The number of aliphatic hydroxyl groups excluding tert-OH is 4. The summed E-state index contributed by atoms with van der Waals surface area (Å²) < 4.78 is 40.9. The zero-order chi connectivity index (χ0) is 45.8. The molecule has 3 rings (SSSR count). The van der Waals surface area contributed by atoms with Gasteiger partial charge in [-0.3, -0.25) is 0 Å². The van der Waals surface area contributed by atoms with Gasteiger partial charge in [0.15, 0.2) is 5.89 Å². The van der Waals surface area contributed by atoms with E-state index in [9.17, 15) is 25.2 Å². The zero-order valence-electron chi connectivity index (χ0n) is 38.0. The molecule has 0 aliphatic carbocycles. The van der Waals surface area contributed by atoms with Crippen molar-refractivity contribution in [3.05, 3.63) is 121 Å². The second-order valence-electron chi connectivity index (χ2n) is 16.2. The number of aromatic nitrogens is 1. The number of aliphatic hydroxyl groups is 4. The highest BCUT2D eigenvalue weighted by Crippen LogP contribution is 2.28. The Morgan fingerprint density at radius 1 is 0.806 bits per heavy atom. The van der Waals surface area contributed by atoms with E-state index in [0.717, 1.165) is 5.57 Å². The lowest BCUT2D eigenvalue weighted by Gasteiger charge is -2.41. The van der Waals surface area contributed by atoms with Crippen LogP contribution in [0.3, 0.4) is 0 Å². The van der Waals surface area contributed by atoms with Gasteiger partial charge in [0.05, 0.1) is 48.6 Å². The minimum Gasteiger partial charge on any atom is -0.457 e. The van der Waals surface area contributed by atoms with Crippen LogP contribution in [0, 0.1) is 11.8 Å². The normalized spacial score (nSPS) is 32.5. The van der Waals surface area contributed by atoms with Crippen molar-refractivity contribution in [2.75, 3.05) is 21.3 Å². The molecule has 62 heavy (non-hydrogen) atoms. The smallest absolute Gasteiger partial charge is 0.331 e. The minimum atomic E-state index is -0.904. The fourth-order valence-electron chi connectivity index (χ4n) is 7.44. The van der Waals surface area contributed by atoms with Crippen LogP contribution in [0.5, 0.6) is 0 Å². The summed E-state index contributed by atoms with van der Waals surface area (Å²) in [6.45, 7) is 13.0. The van der Waals surface area contributed by atoms with Gasteiger partial charge in [0, 0.05) is 45.7 Å². The maximum Gasteiger partial charge on any atom is 0.331 e. The molecule has 0 bridgehead atoms. The highest BCUT2D eigenvalue weighted by molar-refractivity contribution is 5.82. The number of methoxy groups -OCH3 is 3. The standard InChI is InChI=1S/C49H71NO12/c1-31-21-15-11-14-18-26-44(54)61-37(7)46(34(4)40(53)28-33(3)51)62-41(32(2)27-31)24-20-19-22-38-30-59-49(50-38)35(5)43(56-8)29-39(52)23-16-12-13-17-25-42-47(57-9)48(58-10)45(55)36(6)60-42/h11-27,30,32-37,39-43,45-48,51-53,55H,28-29H2,1-10H3/b13-12+,14-11+,21-15-,22-19+,23-16+,24-20-,25-17?,26-18-,31-27+/t32?,33?,34?,35?,36-,37?,39?,40?,41?,42+,43?,45-,46?,47+,48+/m1/s1. The Balaban J connectivity index is 1.69. The van der Waals surface area contributed by atoms with Crippen molar-refractivity contribution in [2.45, 2.75) is 140 Å². The van der Waals surface area contributed by atoms with Crippen molar-refractivity contribution in [3.8, 4) is 0 Å². The minimum absolute atomic E-state index is 0.123. The topological polar surface area (TPSA) is 179 Å². The van der Waals surface area contributed by atoms with Crippen LogP contribution in [0.4, 0.5) is 0 Å². The second kappa shape index (κ2) is 27.2. The average Bonchev–Trinajstić information content (AvgIpc) is 3.70. The monoisotopic (exact) mass is 865 g/mol. The Morgan fingerprint density at radius 2 is 1.47 bits per heavy atom. The van der Waals surface area contributed by atoms with E-state index >= 15 is 0 Å². The van der Waals surface area contributed by atoms with Crippen molar-refractivity contribution in [3.63, 3.8) is 0 Å². The quantitative estimate of drug-likeness (QED) is 0.0909. The van der Waals surface area contributed by atoms with Gasteiger partial charge in [0.25, 0.3) is 0 Å². The van der Waals surface area contributed by atoms with Crippen molar-refractivity contribution in [2.24, 2.45) is 11.8 Å². The van der Waals surface area contributed by atoms with Crippen LogP contribution in [-0.2, 0) is 33.2 Å². The largest absolute Gasteiger partial charge is 0.457 e. The third-order valence-electron chi connectivity index (χ3n) is 11.0. The summed E-state index contributed by atoms with van der Waals surface area (Å²) in [5, 5.41) is 42.2. The third kappa shape index (κ3) is 16.9. The van der Waals surface area contributed by atoms with E-state index in [-0.39, 0.29) is 24.4 Å². The van der Waals surface area contributed by atoms with Crippen molar-refractivity contribution < 1.29 is 58.1 Å². The molecular weight excluding hydrogens is 795 g/mol. The number of allylic oxidation sites excluding steroid dienone is 12. The molecule has 3 heterocycles. The van der Waals surface area contributed by atoms with E-state index in [1.165, 1.54) is 13.2 Å². The van der Waals surface area contributed by atoms with Gasteiger partial charge in [0.1, 0.15) is 42.5 Å². The lowest BCUT2D eigenvalue weighted by atomic mass is 9.90. The van der Waals surface area contributed by atoms with Gasteiger partial charge in [-0.2, -0.15) is 0 Å².